The molecule has 1 aromatic carbocycles. The fourth-order valence-electron chi connectivity index (χ4n) is 1.26. The summed E-state index contributed by atoms with van der Waals surface area (Å²) in [5.41, 5.74) is 11.7. The van der Waals surface area contributed by atoms with Crippen molar-refractivity contribution in [3.63, 3.8) is 0 Å². The summed E-state index contributed by atoms with van der Waals surface area (Å²) < 4.78 is 5.35. The van der Waals surface area contributed by atoms with Crippen LogP contribution in [0.5, 0.6) is 5.75 Å². The molecule has 0 aliphatic rings. The molecule has 0 heterocycles. The minimum Gasteiger partial charge on any atom is -0.494 e. The molecule has 0 radical (unpaired) electrons. The van der Waals surface area contributed by atoms with E-state index in [1.165, 1.54) is 6.21 Å². The molecule has 0 bridgehead atoms. The van der Waals surface area contributed by atoms with E-state index < -0.39 is 0 Å². The molecular formula is C11H16N4O2. The number of hydrogen-bond acceptors (Lipinski definition) is 4. The maximum Gasteiger partial charge on any atom is 0.211 e. The third-order valence-electron chi connectivity index (χ3n) is 1.93. The van der Waals surface area contributed by atoms with Gasteiger partial charge in [-0.15, -0.1) is 5.10 Å². The van der Waals surface area contributed by atoms with Gasteiger partial charge in [0.05, 0.1) is 19.4 Å². The molecule has 0 amide bonds. The van der Waals surface area contributed by atoms with E-state index in [1.54, 1.807) is 18.2 Å². The van der Waals surface area contributed by atoms with Crippen molar-refractivity contribution in [1.82, 2.24) is 0 Å². The standard InChI is InChI=1S/C11H16N4O2/c1-2-17-10-4-3-8(5-9(10)7-16)6-14-15-11(12)13/h3-6,16H,2,7H2,1H3,(H4,12,13,15). The van der Waals surface area contributed by atoms with Crippen LogP contribution >= 0.6 is 0 Å². The molecule has 6 nitrogen and oxygen atoms in total. The summed E-state index contributed by atoms with van der Waals surface area (Å²) in [6.45, 7) is 2.34. The van der Waals surface area contributed by atoms with E-state index in [2.05, 4.69) is 10.2 Å². The van der Waals surface area contributed by atoms with Crippen LogP contribution in [0.4, 0.5) is 0 Å². The smallest absolute Gasteiger partial charge is 0.211 e. The van der Waals surface area contributed by atoms with Gasteiger partial charge in [0.2, 0.25) is 5.96 Å². The zero-order valence-corrected chi connectivity index (χ0v) is 9.63. The van der Waals surface area contributed by atoms with Crippen molar-refractivity contribution in [3.8, 4) is 5.75 Å². The highest BCUT2D eigenvalue weighted by atomic mass is 16.5. The maximum absolute atomic E-state index is 9.19. The van der Waals surface area contributed by atoms with Gasteiger partial charge in [-0.25, -0.2) is 0 Å². The summed E-state index contributed by atoms with van der Waals surface area (Å²) in [4.78, 5) is 0. The average molecular weight is 236 g/mol. The second kappa shape index (κ2) is 6.49. The highest BCUT2D eigenvalue weighted by Crippen LogP contribution is 2.19. The first-order valence-corrected chi connectivity index (χ1v) is 5.16. The van der Waals surface area contributed by atoms with E-state index in [0.29, 0.717) is 17.9 Å². The van der Waals surface area contributed by atoms with Crippen LogP contribution in [0.3, 0.4) is 0 Å². The van der Waals surface area contributed by atoms with Crippen LogP contribution in [0.25, 0.3) is 0 Å². The lowest BCUT2D eigenvalue weighted by Crippen LogP contribution is -2.21. The lowest BCUT2D eigenvalue weighted by molar-refractivity contribution is 0.267. The molecule has 1 rings (SSSR count). The van der Waals surface area contributed by atoms with Crippen LogP contribution in [-0.2, 0) is 6.61 Å². The van der Waals surface area contributed by atoms with E-state index in [4.69, 9.17) is 16.2 Å². The quantitative estimate of drug-likeness (QED) is 0.385. The van der Waals surface area contributed by atoms with Gasteiger partial charge < -0.3 is 21.3 Å². The molecule has 17 heavy (non-hydrogen) atoms. The Morgan fingerprint density at radius 1 is 1.47 bits per heavy atom. The average Bonchev–Trinajstić information content (AvgIpc) is 2.30. The van der Waals surface area contributed by atoms with Crippen molar-refractivity contribution < 1.29 is 9.84 Å². The number of nitrogens with two attached hydrogens (primary N) is 2. The van der Waals surface area contributed by atoms with Gasteiger partial charge in [-0.1, -0.05) is 0 Å². The lowest BCUT2D eigenvalue weighted by atomic mass is 10.1. The molecule has 92 valence electrons. The highest BCUT2D eigenvalue weighted by molar-refractivity contribution is 5.82. The third-order valence-corrected chi connectivity index (χ3v) is 1.93. The van der Waals surface area contributed by atoms with Crippen LogP contribution in [-0.4, -0.2) is 23.9 Å². The van der Waals surface area contributed by atoms with Crippen LogP contribution in [0.15, 0.2) is 28.4 Å². The number of guanidine groups is 1. The van der Waals surface area contributed by atoms with Crippen molar-refractivity contribution in [2.45, 2.75) is 13.5 Å². The number of ether oxygens (including phenoxy) is 1. The zero-order valence-electron chi connectivity index (χ0n) is 9.63. The molecule has 0 saturated carbocycles. The summed E-state index contributed by atoms with van der Waals surface area (Å²) in [5.74, 6) is 0.559. The predicted octanol–water partition coefficient (Wildman–Crippen LogP) is 0.185. The first-order valence-electron chi connectivity index (χ1n) is 5.16. The number of benzene rings is 1. The molecule has 1 aromatic rings. The molecule has 0 unspecified atom stereocenters. The largest absolute Gasteiger partial charge is 0.494 e. The number of aliphatic hydroxyl groups excluding tert-OH is 1. The van der Waals surface area contributed by atoms with E-state index >= 15 is 0 Å². The van der Waals surface area contributed by atoms with Gasteiger partial charge in [-0.05, 0) is 30.7 Å². The summed E-state index contributed by atoms with van der Waals surface area (Å²) in [6, 6.07) is 5.33. The van der Waals surface area contributed by atoms with Crippen molar-refractivity contribution in [2.75, 3.05) is 6.61 Å². The third kappa shape index (κ3) is 4.12. The minimum atomic E-state index is -0.102. The van der Waals surface area contributed by atoms with Gasteiger partial charge in [-0.3, -0.25) is 0 Å². The molecule has 6 heteroatoms. The van der Waals surface area contributed by atoms with Crippen LogP contribution in [0.1, 0.15) is 18.1 Å². The molecule has 0 aliphatic carbocycles. The Morgan fingerprint density at radius 2 is 2.24 bits per heavy atom. The van der Waals surface area contributed by atoms with Crippen molar-refractivity contribution in [2.24, 2.45) is 21.7 Å². The van der Waals surface area contributed by atoms with Gasteiger partial charge in [0, 0.05) is 5.56 Å². The SMILES string of the molecule is CCOc1ccc(C=NN=C(N)N)cc1CO. The molecule has 0 saturated heterocycles. The molecule has 0 aromatic heterocycles. The molecule has 0 fully saturated rings. The van der Waals surface area contributed by atoms with Crippen molar-refractivity contribution in [3.05, 3.63) is 29.3 Å². The van der Waals surface area contributed by atoms with E-state index in [0.717, 1.165) is 5.56 Å². The summed E-state index contributed by atoms with van der Waals surface area (Å²) >= 11 is 0. The lowest BCUT2D eigenvalue weighted by Gasteiger charge is -2.08. The topological polar surface area (TPSA) is 106 Å². The molecular weight excluding hydrogens is 220 g/mol. The molecule has 0 aliphatic heterocycles. The molecule has 0 atom stereocenters. The van der Waals surface area contributed by atoms with E-state index in [1.807, 2.05) is 6.92 Å². The van der Waals surface area contributed by atoms with Crippen LogP contribution in [0, 0.1) is 0 Å². The maximum atomic E-state index is 9.19. The Hall–Kier alpha value is -2.08. The van der Waals surface area contributed by atoms with Gasteiger partial charge >= 0.3 is 0 Å². The predicted molar refractivity (Wildman–Crippen MR) is 66.9 cm³/mol. The fraction of sp³-hybridized carbons (Fsp3) is 0.273. The minimum absolute atomic E-state index is 0.0979. The summed E-state index contributed by atoms with van der Waals surface area (Å²) in [5, 5.41) is 16.4. The van der Waals surface area contributed by atoms with Gasteiger partial charge in [0.25, 0.3) is 0 Å². The van der Waals surface area contributed by atoms with E-state index in [-0.39, 0.29) is 12.6 Å². The van der Waals surface area contributed by atoms with Gasteiger partial charge in [0.15, 0.2) is 0 Å². The number of rotatable bonds is 5. The number of aliphatic hydroxyl groups is 1. The highest BCUT2D eigenvalue weighted by Gasteiger charge is 2.02. The van der Waals surface area contributed by atoms with Crippen molar-refractivity contribution in [1.29, 1.82) is 0 Å². The fourth-order valence-corrected chi connectivity index (χ4v) is 1.26. The summed E-state index contributed by atoms with van der Waals surface area (Å²) in [6.07, 6.45) is 1.49. The first kappa shape index (κ1) is 13.0. The second-order valence-electron chi connectivity index (χ2n) is 3.23. The normalized spacial score (nSPS) is 10.5. The van der Waals surface area contributed by atoms with Crippen molar-refractivity contribution >= 4 is 12.2 Å². The Kier molecular flexibility index (Phi) is 4.96. The Morgan fingerprint density at radius 3 is 2.82 bits per heavy atom. The Bertz CT molecular complexity index is 425. The number of nitrogens with zero attached hydrogens (tertiary/aromatic N) is 2. The van der Waals surface area contributed by atoms with Crippen LogP contribution < -0.4 is 16.2 Å². The number of hydrogen-bond donors (Lipinski definition) is 3. The Balaban J connectivity index is 2.89. The summed E-state index contributed by atoms with van der Waals surface area (Å²) in [7, 11) is 0. The van der Waals surface area contributed by atoms with Gasteiger partial charge in [0.1, 0.15) is 5.75 Å². The monoisotopic (exact) mass is 236 g/mol. The molecule has 0 spiro atoms. The van der Waals surface area contributed by atoms with Crippen LogP contribution in [0.2, 0.25) is 0 Å². The second-order valence-corrected chi connectivity index (χ2v) is 3.23. The zero-order chi connectivity index (χ0) is 12.7. The van der Waals surface area contributed by atoms with Gasteiger partial charge in [-0.2, -0.15) is 5.10 Å². The Labute approximate surface area is 99.6 Å². The first-order chi connectivity index (χ1) is 8.17. The van der Waals surface area contributed by atoms with E-state index in [9.17, 15) is 5.11 Å². The molecule has 5 N–H and O–H groups in total.